The van der Waals surface area contributed by atoms with Crippen LogP contribution in [0, 0.1) is 5.82 Å². The number of carbonyl (C=O) groups is 3. The van der Waals surface area contributed by atoms with E-state index in [2.05, 4.69) is 5.32 Å². The Bertz CT molecular complexity index is 1380. The van der Waals surface area contributed by atoms with Crippen molar-refractivity contribution in [1.29, 1.82) is 0 Å². The van der Waals surface area contributed by atoms with E-state index in [4.69, 9.17) is 16.3 Å². The molecule has 1 aliphatic heterocycles. The molecular formula is C30H30ClFN2O5. The SMILES string of the molecule is C[C@H]1C[C@@H](NC(=O)CCc2ccc(Cl)cc2)c2cc(OC(C)(C)C(=O)O)ccc2N1C(=O)c1ccc(F)cc1. The molecule has 3 aromatic rings. The second-order valence-corrected chi connectivity index (χ2v) is 10.6. The molecule has 0 saturated heterocycles. The van der Waals surface area contributed by atoms with Crippen molar-refractivity contribution >= 4 is 35.1 Å². The van der Waals surface area contributed by atoms with Gasteiger partial charge in [-0.15, -0.1) is 0 Å². The fourth-order valence-electron chi connectivity index (χ4n) is 4.60. The van der Waals surface area contributed by atoms with Gasteiger partial charge in [-0.05, 0) is 93.8 Å². The Kier molecular flexibility index (Phi) is 8.25. The number of anilines is 1. The largest absolute Gasteiger partial charge is 0.478 e. The first-order valence-electron chi connectivity index (χ1n) is 12.6. The number of aliphatic carboxylic acids is 1. The number of ether oxygens (including phenoxy) is 1. The minimum Gasteiger partial charge on any atom is -0.478 e. The molecule has 0 aromatic heterocycles. The first kappa shape index (κ1) is 28.1. The van der Waals surface area contributed by atoms with Crippen molar-refractivity contribution < 1.29 is 28.6 Å². The Morgan fingerprint density at radius 1 is 1.08 bits per heavy atom. The summed E-state index contributed by atoms with van der Waals surface area (Å²) in [6, 6.07) is 16.9. The minimum atomic E-state index is -1.49. The van der Waals surface area contributed by atoms with E-state index in [9.17, 15) is 23.9 Å². The Morgan fingerprint density at radius 2 is 1.74 bits per heavy atom. The molecular weight excluding hydrogens is 523 g/mol. The highest BCUT2D eigenvalue weighted by Crippen LogP contribution is 2.40. The average Bonchev–Trinajstić information content (AvgIpc) is 2.88. The van der Waals surface area contributed by atoms with Crippen LogP contribution in [0.25, 0.3) is 0 Å². The molecule has 3 aromatic carbocycles. The minimum absolute atomic E-state index is 0.163. The van der Waals surface area contributed by atoms with Gasteiger partial charge in [0.2, 0.25) is 5.91 Å². The van der Waals surface area contributed by atoms with E-state index in [1.165, 1.54) is 38.1 Å². The van der Waals surface area contributed by atoms with Crippen molar-refractivity contribution in [1.82, 2.24) is 5.32 Å². The smallest absolute Gasteiger partial charge is 0.347 e. The second kappa shape index (κ2) is 11.5. The number of hydrogen-bond donors (Lipinski definition) is 2. The van der Waals surface area contributed by atoms with Gasteiger partial charge in [-0.2, -0.15) is 0 Å². The molecule has 2 amide bonds. The van der Waals surface area contributed by atoms with Crippen LogP contribution in [0.5, 0.6) is 5.75 Å². The molecule has 1 heterocycles. The first-order valence-corrected chi connectivity index (χ1v) is 13.0. The number of benzene rings is 3. The van der Waals surface area contributed by atoms with Crippen LogP contribution < -0.4 is 15.0 Å². The van der Waals surface area contributed by atoms with Crippen molar-refractivity contribution in [2.45, 2.75) is 57.7 Å². The zero-order chi connectivity index (χ0) is 28.3. The van der Waals surface area contributed by atoms with Crippen molar-refractivity contribution in [2.75, 3.05) is 4.90 Å². The third kappa shape index (κ3) is 6.57. The summed E-state index contributed by atoms with van der Waals surface area (Å²) in [5.74, 6) is -1.75. The topological polar surface area (TPSA) is 95.9 Å². The van der Waals surface area contributed by atoms with E-state index in [1.54, 1.807) is 35.2 Å². The molecule has 39 heavy (non-hydrogen) atoms. The molecule has 0 aliphatic carbocycles. The van der Waals surface area contributed by atoms with Gasteiger partial charge in [-0.3, -0.25) is 9.59 Å². The highest BCUT2D eigenvalue weighted by molar-refractivity contribution is 6.30. The summed E-state index contributed by atoms with van der Waals surface area (Å²) in [6.07, 6.45) is 1.20. The van der Waals surface area contributed by atoms with Crippen LogP contribution in [0.15, 0.2) is 66.7 Å². The first-order chi connectivity index (χ1) is 18.4. The van der Waals surface area contributed by atoms with E-state index in [0.29, 0.717) is 40.4 Å². The third-order valence-electron chi connectivity index (χ3n) is 6.74. The Labute approximate surface area is 231 Å². The Balaban J connectivity index is 1.63. The van der Waals surface area contributed by atoms with Crippen LogP contribution in [0.3, 0.4) is 0 Å². The molecule has 2 atom stereocenters. The summed E-state index contributed by atoms with van der Waals surface area (Å²) in [5, 5.41) is 13.2. The molecule has 0 saturated carbocycles. The van der Waals surface area contributed by atoms with Gasteiger partial charge in [0.1, 0.15) is 11.6 Å². The van der Waals surface area contributed by atoms with Crippen LogP contribution in [0.2, 0.25) is 5.02 Å². The fraction of sp³-hybridized carbons (Fsp3) is 0.300. The lowest BCUT2D eigenvalue weighted by Crippen LogP contribution is -2.46. The average molecular weight is 553 g/mol. The van der Waals surface area contributed by atoms with Crippen LogP contribution >= 0.6 is 11.6 Å². The number of rotatable bonds is 8. The van der Waals surface area contributed by atoms with Gasteiger partial charge in [0, 0.05) is 34.3 Å². The van der Waals surface area contributed by atoms with Crippen molar-refractivity contribution in [3.8, 4) is 5.75 Å². The van der Waals surface area contributed by atoms with E-state index in [1.807, 2.05) is 19.1 Å². The summed E-state index contributed by atoms with van der Waals surface area (Å²) < 4.78 is 19.2. The number of fused-ring (bicyclic) bond motifs is 1. The van der Waals surface area contributed by atoms with Crippen molar-refractivity contribution in [3.05, 3.63) is 94.3 Å². The predicted octanol–water partition coefficient (Wildman–Crippen LogP) is 5.95. The number of aryl methyl sites for hydroxylation is 1. The third-order valence-corrected chi connectivity index (χ3v) is 6.99. The van der Waals surface area contributed by atoms with Gasteiger partial charge in [-0.25, -0.2) is 9.18 Å². The van der Waals surface area contributed by atoms with Gasteiger partial charge < -0.3 is 20.1 Å². The van der Waals surface area contributed by atoms with Crippen molar-refractivity contribution in [2.24, 2.45) is 0 Å². The Hall–Kier alpha value is -3.91. The highest BCUT2D eigenvalue weighted by atomic mass is 35.5. The lowest BCUT2D eigenvalue weighted by atomic mass is 9.90. The maximum Gasteiger partial charge on any atom is 0.347 e. The molecule has 0 spiro atoms. The van der Waals surface area contributed by atoms with Crippen molar-refractivity contribution in [3.63, 3.8) is 0 Å². The zero-order valence-corrected chi connectivity index (χ0v) is 22.7. The maximum atomic E-state index is 13.5. The number of carboxylic acids is 1. The van der Waals surface area contributed by atoms with E-state index in [-0.39, 0.29) is 24.3 Å². The summed E-state index contributed by atoms with van der Waals surface area (Å²) in [7, 11) is 0. The number of halogens is 2. The number of carboxylic acid groups (broad SMARTS) is 1. The predicted molar refractivity (Wildman–Crippen MR) is 147 cm³/mol. The summed E-state index contributed by atoms with van der Waals surface area (Å²) >= 11 is 5.95. The monoisotopic (exact) mass is 552 g/mol. The molecule has 204 valence electrons. The Morgan fingerprint density at radius 3 is 2.38 bits per heavy atom. The summed E-state index contributed by atoms with van der Waals surface area (Å²) in [6.45, 7) is 4.77. The van der Waals surface area contributed by atoms with Gasteiger partial charge in [0.25, 0.3) is 5.91 Å². The van der Waals surface area contributed by atoms with E-state index < -0.39 is 23.4 Å². The second-order valence-electron chi connectivity index (χ2n) is 10.2. The van der Waals surface area contributed by atoms with Gasteiger partial charge in [-0.1, -0.05) is 23.7 Å². The molecule has 4 rings (SSSR count). The molecule has 9 heteroatoms. The molecule has 7 nitrogen and oxygen atoms in total. The molecule has 2 N–H and O–H groups in total. The van der Waals surface area contributed by atoms with Crippen LogP contribution in [0.1, 0.15) is 61.1 Å². The van der Waals surface area contributed by atoms with E-state index in [0.717, 1.165) is 5.56 Å². The lowest BCUT2D eigenvalue weighted by molar-refractivity contribution is -0.152. The lowest BCUT2D eigenvalue weighted by Gasteiger charge is -2.40. The fourth-order valence-corrected chi connectivity index (χ4v) is 4.72. The maximum absolute atomic E-state index is 13.5. The molecule has 1 aliphatic rings. The van der Waals surface area contributed by atoms with Crippen LogP contribution in [0.4, 0.5) is 10.1 Å². The zero-order valence-electron chi connectivity index (χ0n) is 21.9. The number of nitrogens with one attached hydrogen (secondary N) is 1. The van der Waals surface area contributed by atoms with Gasteiger partial charge >= 0.3 is 5.97 Å². The van der Waals surface area contributed by atoms with Crippen LogP contribution in [-0.4, -0.2) is 34.5 Å². The number of hydrogen-bond acceptors (Lipinski definition) is 4. The quantitative estimate of drug-likeness (QED) is 0.360. The molecule has 0 radical (unpaired) electrons. The number of nitrogens with zero attached hydrogens (tertiary/aromatic N) is 1. The molecule has 0 bridgehead atoms. The van der Waals surface area contributed by atoms with Crippen LogP contribution in [-0.2, 0) is 16.0 Å². The van der Waals surface area contributed by atoms with Gasteiger partial charge in [0.05, 0.1) is 6.04 Å². The number of carbonyl (C=O) groups excluding carboxylic acids is 2. The summed E-state index contributed by atoms with van der Waals surface area (Å²) in [4.78, 5) is 39.7. The normalized spacial score (nSPS) is 16.8. The summed E-state index contributed by atoms with van der Waals surface area (Å²) in [5.41, 5.74) is 1.01. The molecule has 0 unspecified atom stereocenters. The molecule has 0 fully saturated rings. The standard InChI is InChI=1S/C30H30ClFN2O5/c1-18-16-25(33-27(35)15-6-19-4-9-21(31)10-5-19)24-17-23(39-30(2,3)29(37)38)13-14-26(24)34(18)28(36)20-7-11-22(32)12-8-20/h4-5,7-14,17-18,25H,6,15-16H2,1-3H3,(H,33,35)(H,37,38)/t18-,25+/m0/s1. The van der Waals surface area contributed by atoms with Gasteiger partial charge in [0.15, 0.2) is 5.60 Å². The number of amides is 2. The van der Waals surface area contributed by atoms with E-state index >= 15 is 0 Å². The highest BCUT2D eigenvalue weighted by Gasteiger charge is 2.36.